The SMILES string of the molecule is CCCCCCCCCCCC#CCCCCCCCCCC(=O)Nc1ccc(-c2ccccn2)nc1. The molecule has 0 unspecified atom stereocenters. The van der Waals surface area contributed by atoms with Gasteiger partial charge in [0, 0.05) is 25.5 Å². The van der Waals surface area contributed by atoms with Crippen molar-refractivity contribution in [2.75, 3.05) is 5.32 Å². The molecule has 0 atom stereocenters. The van der Waals surface area contributed by atoms with E-state index in [2.05, 4.69) is 34.0 Å². The molecule has 0 fully saturated rings. The predicted molar refractivity (Wildman–Crippen MR) is 157 cm³/mol. The van der Waals surface area contributed by atoms with E-state index >= 15 is 0 Å². The summed E-state index contributed by atoms with van der Waals surface area (Å²) in [5, 5.41) is 2.95. The molecule has 0 aliphatic carbocycles. The Labute approximate surface area is 226 Å². The maximum Gasteiger partial charge on any atom is 0.224 e. The van der Waals surface area contributed by atoms with Gasteiger partial charge >= 0.3 is 0 Å². The summed E-state index contributed by atoms with van der Waals surface area (Å²) in [6.45, 7) is 2.28. The van der Waals surface area contributed by atoms with Crippen LogP contribution < -0.4 is 5.32 Å². The molecule has 1 amide bonds. The maximum atomic E-state index is 12.2. The van der Waals surface area contributed by atoms with Crippen molar-refractivity contribution in [3.05, 3.63) is 42.7 Å². The summed E-state index contributed by atoms with van der Waals surface area (Å²) in [6, 6.07) is 9.52. The molecule has 0 radical (unpaired) electrons. The molecule has 0 saturated carbocycles. The van der Waals surface area contributed by atoms with E-state index in [0.29, 0.717) is 6.42 Å². The Bertz CT molecular complexity index is 883. The predicted octanol–water partition coefficient (Wildman–Crippen LogP) is 9.52. The average Bonchev–Trinajstić information content (AvgIpc) is 2.93. The van der Waals surface area contributed by atoms with Gasteiger partial charge in [0.2, 0.25) is 5.91 Å². The molecule has 0 bridgehead atoms. The van der Waals surface area contributed by atoms with Crippen LogP contribution in [0.3, 0.4) is 0 Å². The number of rotatable bonds is 20. The van der Waals surface area contributed by atoms with E-state index in [9.17, 15) is 4.79 Å². The number of nitrogens with zero attached hydrogens (tertiary/aromatic N) is 2. The van der Waals surface area contributed by atoms with Crippen LogP contribution in [0.2, 0.25) is 0 Å². The lowest BCUT2D eigenvalue weighted by Crippen LogP contribution is -2.11. The highest BCUT2D eigenvalue weighted by Crippen LogP contribution is 2.16. The number of carbonyl (C=O) groups excluding carboxylic acids is 1. The highest BCUT2D eigenvalue weighted by molar-refractivity contribution is 5.90. The summed E-state index contributed by atoms with van der Waals surface area (Å²) in [5.41, 5.74) is 2.37. The van der Waals surface area contributed by atoms with Gasteiger partial charge in [0.1, 0.15) is 0 Å². The van der Waals surface area contributed by atoms with Crippen molar-refractivity contribution < 1.29 is 4.79 Å². The Morgan fingerprint density at radius 2 is 1.24 bits per heavy atom. The minimum Gasteiger partial charge on any atom is -0.325 e. The Morgan fingerprint density at radius 1 is 0.676 bits per heavy atom. The number of nitrogens with one attached hydrogen (secondary N) is 1. The van der Waals surface area contributed by atoms with Crippen molar-refractivity contribution in [3.63, 3.8) is 0 Å². The molecule has 2 aromatic rings. The van der Waals surface area contributed by atoms with Gasteiger partial charge in [0.25, 0.3) is 0 Å². The summed E-state index contributed by atoms with van der Waals surface area (Å²) in [4.78, 5) is 20.9. The van der Waals surface area contributed by atoms with E-state index in [4.69, 9.17) is 0 Å². The minimum absolute atomic E-state index is 0.0633. The van der Waals surface area contributed by atoms with Gasteiger partial charge in [-0.15, -0.1) is 11.8 Å². The van der Waals surface area contributed by atoms with Crippen LogP contribution in [-0.2, 0) is 4.79 Å². The summed E-state index contributed by atoms with van der Waals surface area (Å²) in [5.74, 6) is 6.79. The molecule has 0 aliphatic rings. The third-order valence-electron chi connectivity index (χ3n) is 6.71. The number of anilines is 1. The number of hydrogen-bond acceptors (Lipinski definition) is 3. The standard InChI is InChI=1S/C33H49N3O/c1-2-3-4-5-6-7-8-9-10-11-12-13-14-15-16-17-18-19-20-21-25-33(37)36-30-26-27-32(35-29-30)31-24-22-23-28-34-31/h22-24,26-29H,2-11,14-21,25H2,1H3,(H,36,37). The molecular weight excluding hydrogens is 454 g/mol. The number of hydrogen-bond donors (Lipinski definition) is 1. The zero-order valence-corrected chi connectivity index (χ0v) is 23.3. The van der Waals surface area contributed by atoms with Gasteiger partial charge in [-0.2, -0.15) is 0 Å². The highest BCUT2D eigenvalue weighted by atomic mass is 16.1. The first-order chi connectivity index (χ1) is 18.3. The zero-order valence-electron chi connectivity index (χ0n) is 23.3. The van der Waals surface area contributed by atoms with E-state index < -0.39 is 0 Å². The van der Waals surface area contributed by atoms with Crippen LogP contribution in [0.15, 0.2) is 42.7 Å². The second kappa shape index (κ2) is 21.4. The number of carbonyl (C=O) groups is 1. The lowest BCUT2D eigenvalue weighted by Gasteiger charge is -2.06. The lowest BCUT2D eigenvalue weighted by molar-refractivity contribution is -0.116. The van der Waals surface area contributed by atoms with Crippen molar-refractivity contribution in [1.29, 1.82) is 0 Å². The first-order valence-electron chi connectivity index (χ1n) is 14.9. The fourth-order valence-electron chi connectivity index (χ4n) is 4.44. The van der Waals surface area contributed by atoms with Gasteiger partial charge < -0.3 is 5.32 Å². The Morgan fingerprint density at radius 3 is 1.78 bits per heavy atom. The van der Waals surface area contributed by atoms with Gasteiger partial charge in [-0.25, -0.2) is 0 Å². The van der Waals surface area contributed by atoms with Crippen molar-refractivity contribution in [3.8, 4) is 23.2 Å². The van der Waals surface area contributed by atoms with Gasteiger partial charge in [-0.05, 0) is 43.5 Å². The molecule has 0 aromatic carbocycles. The van der Waals surface area contributed by atoms with E-state index in [0.717, 1.165) is 42.8 Å². The average molecular weight is 504 g/mol. The third-order valence-corrected chi connectivity index (χ3v) is 6.71. The molecule has 0 spiro atoms. The van der Waals surface area contributed by atoms with Gasteiger partial charge in [-0.3, -0.25) is 14.8 Å². The van der Waals surface area contributed by atoms with Gasteiger partial charge in [-0.1, -0.05) is 96.5 Å². The van der Waals surface area contributed by atoms with Crippen LogP contribution >= 0.6 is 0 Å². The summed E-state index contributed by atoms with van der Waals surface area (Å²) < 4.78 is 0. The summed E-state index contributed by atoms with van der Waals surface area (Å²) in [7, 11) is 0. The monoisotopic (exact) mass is 503 g/mol. The summed E-state index contributed by atoms with van der Waals surface area (Å²) in [6.07, 6.45) is 26.9. The molecule has 202 valence electrons. The Hall–Kier alpha value is -2.67. The van der Waals surface area contributed by atoms with E-state index in [-0.39, 0.29) is 5.91 Å². The molecule has 0 aliphatic heterocycles. The van der Waals surface area contributed by atoms with Crippen LogP contribution in [0.25, 0.3) is 11.4 Å². The second-order valence-corrected chi connectivity index (χ2v) is 10.1. The number of amides is 1. The quantitative estimate of drug-likeness (QED) is 0.145. The molecule has 2 aromatic heterocycles. The molecule has 0 saturated heterocycles. The Balaban J connectivity index is 1.36. The molecule has 37 heavy (non-hydrogen) atoms. The molecule has 2 heterocycles. The third kappa shape index (κ3) is 15.9. The topological polar surface area (TPSA) is 54.9 Å². The van der Waals surface area contributed by atoms with Gasteiger partial charge in [0.15, 0.2) is 0 Å². The van der Waals surface area contributed by atoms with Gasteiger partial charge in [0.05, 0.1) is 23.3 Å². The molecular formula is C33H49N3O. The first-order valence-corrected chi connectivity index (χ1v) is 14.9. The fraction of sp³-hybridized carbons (Fsp3) is 0.606. The number of pyridine rings is 2. The number of unbranched alkanes of at least 4 members (excludes halogenated alkanes) is 16. The molecule has 4 heteroatoms. The van der Waals surface area contributed by atoms with E-state index in [1.807, 2.05) is 30.3 Å². The van der Waals surface area contributed by atoms with Crippen molar-refractivity contribution >= 4 is 11.6 Å². The largest absolute Gasteiger partial charge is 0.325 e. The smallest absolute Gasteiger partial charge is 0.224 e. The molecule has 4 nitrogen and oxygen atoms in total. The lowest BCUT2D eigenvalue weighted by atomic mass is 10.1. The normalized spacial score (nSPS) is 10.6. The van der Waals surface area contributed by atoms with Crippen LogP contribution in [0.1, 0.15) is 129 Å². The Kier molecular flexibility index (Phi) is 17.7. The van der Waals surface area contributed by atoms with Crippen LogP contribution in [0, 0.1) is 11.8 Å². The highest BCUT2D eigenvalue weighted by Gasteiger charge is 2.04. The van der Waals surface area contributed by atoms with Crippen LogP contribution in [0.5, 0.6) is 0 Å². The zero-order chi connectivity index (χ0) is 26.2. The number of aromatic nitrogens is 2. The minimum atomic E-state index is 0.0633. The molecule has 2 rings (SSSR count). The van der Waals surface area contributed by atoms with E-state index in [1.165, 1.54) is 89.9 Å². The van der Waals surface area contributed by atoms with E-state index in [1.54, 1.807) is 12.4 Å². The van der Waals surface area contributed by atoms with Crippen molar-refractivity contribution in [2.45, 2.75) is 129 Å². The van der Waals surface area contributed by atoms with Crippen molar-refractivity contribution in [2.24, 2.45) is 0 Å². The maximum absolute atomic E-state index is 12.2. The first kappa shape index (κ1) is 30.6. The molecule has 1 N–H and O–H groups in total. The van der Waals surface area contributed by atoms with Crippen LogP contribution in [0.4, 0.5) is 5.69 Å². The second-order valence-electron chi connectivity index (χ2n) is 10.1. The van der Waals surface area contributed by atoms with Crippen LogP contribution in [-0.4, -0.2) is 15.9 Å². The summed E-state index contributed by atoms with van der Waals surface area (Å²) >= 11 is 0. The fourth-order valence-corrected chi connectivity index (χ4v) is 4.44. The van der Waals surface area contributed by atoms with Crippen molar-refractivity contribution in [1.82, 2.24) is 9.97 Å².